The van der Waals surface area contributed by atoms with Gasteiger partial charge in [-0.25, -0.2) is 31.9 Å². The van der Waals surface area contributed by atoms with Crippen molar-refractivity contribution in [3.8, 4) is 0 Å². The first-order valence-corrected chi connectivity index (χ1v) is 20.7. The number of carboxylic acids is 1. The maximum absolute atomic E-state index is 14.9. The smallest absolute Gasteiger partial charge is 0.410 e. The summed E-state index contributed by atoms with van der Waals surface area (Å²) in [5.74, 6) is -6.55. The van der Waals surface area contributed by atoms with Gasteiger partial charge in [0.25, 0.3) is 15.9 Å². The molecule has 0 aromatic heterocycles. The molecule has 1 saturated carbocycles. The third-order valence-corrected chi connectivity index (χ3v) is 12.1. The Balaban J connectivity index is 1.28. The lowest BCUT2D eigenvalue weighted by Crippen LogP contribution is -2.58. The molecule has 1 saturated heterocycles. The fourth-order valence-electron chi connectivity index (χ4n) is 7.46. The van der Waals surface area contributed by atoms with Gasteiger partial charge < -0.3 is 30.1 Å². The van der Waals surface area contributed by atoms with Crippen LogP contribution in [-0.2, 0) is 47.0 Å². The lowest BCUT2D eigenvalue weighted by atomic mass is 10.0. The van der Waals surface area contributed by atoms with Gasteiger partial charge in [-0.05, 0) is 69.7 Å². The lowest BCUT2D eigenvalue weighted by Gasteiger charge is -2.30. The molecular formula is C39H45ClFN5O11S. The number of fused-ring (bicyclic) bond motifs is 3. The summed E-state index contributed by atoms with van der Waals surface area (Å²) in [4.78, 5) is 82.2. The van der Waals surface area contributed by atoms with Crippen LogP contribution in [0.5, 0.6) is 0 Å². The van der Waals surface area contributed by atoms with E-state index < -0.39 is 102 Å². The van der Waals surface area contributed by atoms with Gasteiger partial charge in [0.2, 0.25) is 11.8 Å². The van der Waals surface area contributed by atoms with Gasteiger partial charge in [0.15, 0.2) is 0 Å². The van der Waals surface area contributed by atoms with Gasteiger partial charge in [0.1, 0.15) is 40.0 Å². The van der Waals surface area contributed by atoms with Crippen LogP contribution in [0, 0.1) is 11.7 Å². The molecule has 0 radical (unpaired) electrons. The maximum atomic E-state index is 14.9. The summed E-state index contributed by atoms with van der Waals surface area (Å²) in [5, 5.41) is 14.2. The second kappa shape index (κ2) is 16.6. The SMILES string of the molecule is CC(C)(C)OC(=O)N[C@H]1CCCCCC=C[C@H]2C[C@@]2(C(=O)NS(=O)(=O)c2cc(C(=O)O)c(Cl)cc2F)NC(=O)[C@@H]2C[C@@H](OC(=O)N3Cc4ccccc4C3)CN2C1=O. The number of rotatable bonds is 6. The number of carboxylic acid groups (broad SMARTS) is 1. The summed E-state index contributed by atoms with van der Waals surface area (Å²) in [5.41, 5.74) is -1.60. The highest BCUT2D eigenvalue weighted by molar-refractivity contribution is 7.90. The van der Waals surface area contributed by atoms with Crippen molar-refractivity contribution in [3.05, 3.63) is 76.1 Å². The molecule has 58 heavy (non-hydrogen) atoms. The molecule has 0 spiro atoms. The average molecular weight is 846 g/mol. The quantitative estimate of drug-likeness (QED) is 0.299. The first kappa shape index (κ1) is 42.4. The summed E-state index contributed by atoms with van der Waals surface area (Å²) in [6.45, 7) is 5.34. The first-order valence-electron chi connectivity index (χ1n) is 18.9. The lowest BCUT2D eigenvalue weighted by molar-refractivity contribution is -0.141. The molecule has 0 bridgehead atoms. The van der Waals surface area contributed by atoms with E-state index in [0.717, 1.165) is 11.1 Å². The number of halogens is 2. The molecule has 5 atom stereocenters. The van der Waals surface area contributed by atoms with Crippen molar-refractivity contribution in [2.45, 2.75) is 113 Å². The number of carbonyl (C=O) groups is 6. The summed E-state index contributed by atoms with van der Waals surface area (Å²) in [7, 11) is -5.07. The number of nitrogens with zero attached hydrogens (tertiary/aromatic N) is 2. The summed E-state index contributed by atoms with van der Waals surface area (Å²) >= 11 is 5.80. The van der Waals surface area contributed by atoms with E-state index in [4.69, 9.17) is 21.1 Å². The van der Waals surface area contributed by atoms with Gasteiger partial charge in [-0.2, -0.15) is 0 Å². The van der Waals surface area contributed by atoms with E-state index in [0.29, 0.717) is 50.9 Å². The topological polar surface area (TPSA) is 218 Å². The minimum absolute atomic E-state index is 0.0719. The summed E-state index contributed by atoms with van der Waals surface area (Å²) in [6, 6.07) is 5.99. The van der Waals surface area contributed by atoms with Crippen LogP contribution in [0.3, 0.4) is 0 Å². The number of allylic oxidation sites excluding steroid dienone is 1. The van der Waals surface area contributed by atoms with Crippen molar-refractivity contribution in [1.82, 2.24) is 25.2 Å². The van der Waals surface area contributed by atoms with Crippen molar-refractivity contribution >= 4 is 57.5 Å². The molecular weight excluding hydrogens is 801 g/mol. The number of benzene rings is 2. The van der Waals surface area contributed by atoms with Crippen molar-refractivity contribution in [1.29, 1.82) is 0 Å². The van der Waals surface area contributed by atoms with E-state index in [1.165, 1.54) is 9.80 Å². The molecule has 0 unspecified atom stereocenters. The minimum Gasteiger partial charge on any atom is -0.478 e. The predicted octanol–water partition coefficient (Wildman–Crippen LogP) is 4.39. The molecule has 4 N–H and O–H groups in total. The number of amides is 5. The van der Waals surface area contributed by atoms with Gasteiger partial charge in [-0.15, -0.1) is 0 Å². The number of alkyl carbamates (subject to hydrolysis) is 1. The maximum Gasteiger partial charge on any atom is 0.410 e. The van der Waals surface area contributed by atoms with E-state index in [2.05, 4.69) is 10.6 Å². The van der Waals surface area contributed by atoms with Crippen molar-refractivity contribution < 1.29 is 56.2 Å². The van der Waals surface area contributed by atoms with E-state index in [9.17, 15) is 46.7 Å². The second-order valence-corrected chi connectivity index (χ2v) is 18.0. The standard InChI is InChI=1S/C39H45ClFN5O11S/c1-38(2,3)57-36(52)42-29-14-8-6-4-5-7-13-24-18-39(24,35(51)44-58(54,55)31-16-26(34(49)50)27(40)17-28(31)41)43-32(47)30-15-25(21-46(30)33(29)48)56-37(53)45-19-22-11-9-10-12-23(22)20-45/h7,9-13,16-17,24-25,29-30H,4-6,8,14-15,18-21H2,1-3H3,(H,42,52)(H,43,47)(H,44,51)(H,49,50)/t24-,25+,29-,30-,39+/m0/s1. The van der Waals surface area contributed by atoms with Crippen LogP contribution in [0.1, 0.15) is 87.2 Å². The number of sulfonamides is 1. The van der Waals surface area contributed by atoms with Crippen LogP contribution < -0.4 is 15.4 Å². The largest absolute Gasteiger partial charge is 0.478 e. The molecule has 312 valence electrons. The van der Waals surface area contributed by atoms with Gasteiger partial charge in [0.05, 0.1) is 17.1 Å². The molecule has 4 aliphatic rings. The van der Waals surface area contributed by atoms with Gasteiger partial charge >= 0.3 is 18.2 Å². The monoisotopic (exact) mass is 845 g/mol. The molecule has 5 amide bonds. The van der Waals surface area contributed by atoms with Crippen LogP contribution in [0.25, 0.3) is 0 Å². The zero-order valence-corrected chi connectivity index (χ0v) is 33.7. The normalized spacial score (nSPS) is 24.9. The van der Waals surface area contributed by atoms with Crippen LogP contribution in [0.2, 0.25) is 5.02 Å². The van der Waals surface area contributed by atoms with E-state index in [1.807, 2.05) is 24.3 Å². The fraction of sp³-hybridized carbons (Fsp3) is 0.487. The van der Waals surface area contributed by atoms with Gasteiger partial charge in [0, 0.05) is 25.4 Å². The van der Waals surface area contributed by atoms with Crippen molar-refractivity contribution in [2.75, 3.05) is 6.54 Å². The number of carbonyl (C=O) groups excluding carboxylic acids is 5. The molecule has 19 heteroatoms. The molecule has 2 aromatic carbocycles. The number of nitrogens with one attached hydrogen (secondary N) is 3. The predicted molar refractivity (Wildman–Crippen MR) is 204 cm³/mol. The highest BCUT2D eigenvalue weighted by Crippen LogP contribution is 2.46. The van der Waals surface area contributed by atoms with E-state index >= 15 is 0 Å². The van der Waals surface area contributed by atoms with Gasteiger partial charge in [-0.3, -0.25) is 19.3 Å². The third kappa shape index (κ3) is 9.38. The number of hydrogen-bond donors (Lipinski definition) is 4. The Kier molecular flexibility index (Phi) is 12.1. The third-order valence-electron chi connectivity index (χ3n) is 10.5. The first-order chi connectivity index (χ1) is 27.3. The fourth-order valence-corrected chi connectivity index (χ4v) is 8.82. The second-order valence-electron chi connectivity index (χ2n) is 15.9. The Morgan fingerprint density at radius 2 is 1.74 bits per heavy atom. The van der Waals surface area contributed by atoms with Crippen molar-refractivity contribution in [3.63, 3.8) is 0 Å². The van der Waals surface area contributed by atoms with Crippen molar-refractivity contribution in [2.24, 2.45) is 5.92 Å². The molecule has 16 nitrogen and oxygen atoms in total. The molecule has 1 aliphatic carbocycles. The number of hydrogen-bond acceptors (Lipinski definition) is 10. The summed E-state index contributed by atoms with van der Waals surface area (Å²) < 4.78 is 54.8. The zero-order chi connectivity index (χ0) is 42.2. The molecule has 2 fully saturated rings. The molecule has 3 heterocycles. The van der Waals surface area contributed by atoms with E-state index in [-0.39, 0.29) is 25.8 Å². The Labute approximate surface area is 339 Å². The Morgan fingerprint density at radius 1 is 1.05 bits per heavy atom. The highest BCUT2D eigenvalue weighted by atomic mass is 35.5. The van der Waals surface area contributed by atoms with Crippen LogP contribution in [0.15, 0.2) is 53.4 Å². The number of ether oxygens (including phenoxy) is 2. The van der Waals surface area contributed by atoms with Crippen LogP contribution in [-0.4, -0.2) is 95.1 Å². The Morgan fingerprint density at radius 3 is 2.40 bits per heavy atom. The highest BCUT2D eigenvalue weighted by Gasteiger charge is 2.62. The molecule has 3 aliphatic heterocycles. The number of aromatic carboxylic acids is 1. The van der Waals surface area contributed by atoms with Gasteiger partial charge in [-0.1, -0.05) is 60.9 Å². The molecule has 6 rings (SSSR count). The Bertz CT molecular complexity index is 2140. The van der Waals surface area contributed by atoms with Crippen LogP contribution in [0.4, 0.5) is 14.0 Å². The average Bonchev–Trinajstić information content (AvgIpc) is 3.43. The molecule has 2 aromatic rings. The zero-order valence-electron chi connectivity index (χ0n) is 32.1. The van der Waals surface area contributed by atoms with Crippen LogP contribution >= 0.6 is 11.6 Å². The summed E-state index contributed by atoms with van der Waals surface area (Å²) in [6.07, 6.45) is 3.20. The van der Waals surface area contributed by atoms with E-state index in [1.54, 1.807) is 37.6 Å². The Hall–Kier alpha value is -5.23. The minimum atomic E-state index is -5.07.